The number of anilines is 2. The second-order valence-electron chi connectivity index (χ2n) is 11.1. The zero-order valence-electron chi connectivity index (χ0n) is 23.6. The molecule has 0 bridgehead atoms. The number of para-hydroxylation sites is 2. The number of hydrogen-bond acceptors (Lipinski definition) is 3. The molecule has 2 aliphatic rings. The van der Waals surface area contributed by atoms with Crippen LogP contribution in [0.2, 0.25) is 0 Å². The van der Waals surface area contributed by atoms with Crippen LogP contribution < -0.4 is 22.2 Å². The van der Waals surface area contributed by atoms with Crippen molar-refractivity contribution in [2.75, 3.05) is 9.80 Å². The molecule has 2 heterocycles. The third-order valence-electron chi connectivity index (χ3n) is 7.18. The zero-order chi connectivity index (χ0) is 27.0. The van der Waals surface area contributed by atoms with Gasteiger partial charge in [0.15, 0.2) is 0 Å². The van der Waals surface area contributed by atoms with Gasteiger partial charge in [0.25, 0.3) is 0 Å². The Hall–Kier alpha value is -1.83. The van der Waals surface area contributed by atoms with Crippen molar-refractivity contribution < 1.29 is 31.6 Å². The molecule has 0 radical (unpaired) electrons. The predicted molar refractivity (Wildman–Crippen MR) is 156 cm³/mol. The fraction of sp³-hybridized carbons (Fsp3) is 0.406. The van der Waals surface area contributed by atoms with Crippen molar-refractivity contribution >= 4 is 29.2 Å². The van der Waals surface area contributed by atoms with E-state index >= 15 is 0 Å². The van der Waals surface area contributed by atoms with E-state index in [1.165, 1.54) is 33.6 Å². The second-order valence-corrected chi connectivity index (χ2v) is 12.2. The van der Waals surface area contributed by atoms with Gasteiger partial charge in [0.05, 0.1) is 0 Å². The smallest absolute Gasteiger partial charge is 1.00 e. The van der Waals surface area contributed by atoms with E-state index in [4.69, 9.17) is 11.6 Å². The van der Waals surface area contributed by atoms with E-state index in [-0.39, 0.29) is 12.4 Å². The molecule has 0 spiro atoms. The third kappa shape index (κ3) is 5.71. The average molecular weight is 643 g/mol. The van der Waals surface area contributed by atoms with Gasteiger partial charge in [-0.3, -0.25) is 0 Å². The molecule has 0 saturated carbocycles. The second kappa shape index (κ2) is 12.6. The van der Waals surface area contributed by atoms with Crippen LogP contribution in [0, 0.1) is 0 Å². The molecule has 206 valence electrons. The molecule has 2 aromatic rings. The van der Waals surface area contributed by atoms with Crippen LogP contribution in [0.15, 0.2) is 74.4 Å². The Kier molecular flexibility index (Phi) is 10.2. The van der Waals surface area contributed by atoms with Crippen LogP contribution in [0.1, 0.15) is 108 Å². The van der Waals surface area contributed by atoms with E-state index < -0.39 is 0 Å². The van der Waals surface area contributed by atoms with Crippen molar-refractivity contribution in [1.82, 2.24) is 0 Å². The Labute approximate surface area is 251 Å². The van der Waals surface area contributed by atoms with E-state index in [2.05, 4.69) is 138 Å². The topological polar surface area (TPSA) is 18.8 Å². The van der Waals surface area contributed by atoms with E-state index in [1.54, 1.807) is 0 Å². The van der Waals surface area contributed by atoms with Gasteiger partial charge >= 0.3 is 240 Å². The molecule has 2 aromatic carbocycles. The number of halogens is 2. The molecule has 6 heteroatoms. The first-order chi connectivity index (χ1) is 17.5. The minimum absolute atomic E-state index is 0. The van der Waals surface area contributed by atoms with Crippen LogP contribution in [0.4, 0.5) is 11.4 Å². The summed E-state index contributed by atoms with van der Waals surface area (Å²) in [7, 11) is 0. The normalized spacial score (nSPS) is 15.8. The van der Waals surface area contributed by atoms with Gasteiger partial charge in [0.2, 0.25) is 0 Å². The predicted octanol–water partition coefficient (Wildman–Crippen LogP) is 6.62. The standard InChI is InChI=1S/C32H39ClN3.ClH.Pd/c1-20(2)24-11-9-12-25(21(3)4)30(24)35-17-18-36(32(35)28-15-16-34-19-29(28)33)31-26(22(5)6)13-10-14-27(31)23(7)8;;/h9-14,16-18,20-23H,15H2,1-8H3;1H;/q;;+1/p-1. The largest absolute Gasteiger partial charge is 1.00 e. The van der Waals surface area contributed by atoms with Gasteiger partial charge in [-0.25, -0.2) is 0 Å². The molecule has 0 saturated heterocycles. The summed E-state index contributed by atoms with van der Waals surface area (Å²) in [6.45, 7) is 18.2. The van der Waals surface area contributed by atoms with Gasteiger partial charge in [-0.05, 0) is 0 Å². The minimum Gasteiger partial charge on any atom is -1.00 e. The summed E-state index contributed by atoms with van der Waals surface area (Å²) in [5.74, 6) is 2.60. The number of aliphatic imine (C=N–C) groups is 1. The van der Waals surface area contributed by atoms with Crippen molar-refractivity contribution in [3.05, 3.63) is 91.6 Å². The van der Waals surface area contributed by atoms with Crippen LogP contribution in [0.25, 0.3) is 0 Å². The van der Waals surface area contributed by atoms with Crippen LogP contribution in [-0.2, 0) is 19.2 Å². The summed E-state index contributed by atoms with van der Waals surface area (Å²) < 4.78 is 0.715. The van der Waals surface area contributed by atoms with Gasteiger partial charge in [0, 0.05) is 0 Å². The molecular weight excluding hydrogens is 604 g/mol. The van der Waals surface area contributed by atoms with Gasteiger partial charge in [0.1, 0.15) is 0 Å². The maximum atomic E-state index is 7.02. The van der Waals surface area contributed by atoms with Crippen LogP contribution in [0.5, 0.6) is 0 Å². The maximum Gasteiger partial charge on any atom is -1.00 e. The van der Waals surface area contributed by atoms with Crippen LogP contribution in [-0.4, -0.2) is 6.21 Å². The molecule has 0 unspecified atom stereocenters. The van der Waals surface area contributed by atoms with Gasteiger partial charge in [-0.1, -0.05) is 0 Å². The van der Waals surface area contributed by atoms with E-state index in [0.29, 0.717) is 39.3 Å². The van der Waals surface area contributed by atoms with Crippen molar-refractivity contribution in [3.8, 4) is 0 Å². The molecule has 4 rings (SSSR count). The third-order valence-corrected chi connectivity index (χ3v) is 8.39. The molecular formula is C32H39Cl2N3Pd. The van der Waals surface area contributed by atoms with E-state index in [1.807, 2.05) is 6.21 Å². The van der Waals surface area contributed by atoms with E-state index in [9.17, 15) is 0 Å². The Morgan fingerprint density at radius 1 is 0.711 bits per heavy atom. The Morgan fingerprint density at radius 2 is 1.08 bits per heavy atom. The van der Waals surface area contributed by atoms with E-state index in [0.717, 1.165) is 11.4 Å². The number of hydrogen-bond donors (Lipinski definition) is 0. The number of benzene rings is 2. The van der Waals surface area contributed by atoms with Gasteiger partial charge < -0.3 is 12.4 Å². The average Bonchev–Trinajstić information content (AvgIpc) is 3.28. The molecule has 0 atom stereocenters. The molecule has 0 aromatic heterocycles. The van der Waals surface area contributed by atoms with Crippen molar-refractivity contribution in [3.63, 3.8) is 0 Å². The molecule has 0 N–H and O–H groups in total. The van der Waals surface area contributed by atoms with Crippen LogP contribution in [0.3, 0.4) is 0 Å². The Bertz CT molecular complexity index is 1170. The molecule has 2 aliphatic heterocycles. The molecule has 0 fully saturated rings. The molecule has 0 aliphatic carbocycles. The maximum absolute atomic E-state index is 7.02. The monoisotopic (exact) mass is 641 g/mol. The summed E-state index contributed by atoms with van der Waals surface area (Å²) in [6, 6.07) is 13.5. The summed E-state index contributed by atoms with van der Waals surface area (Å²) in [6.07, 6.45) is 7.08. The molecule has 38 heavy (non-hydrogen) atoms. The van der Waals surface area contributed by atoms with Crippen molar-refractivity contribution in [2.45, 2.75) is 85.5 Å². The number of rotatable bonds is 6. The molecule has 0 amide bonds. The van der Waals surface area contributed by atoms with Crippen molar-refractivity contribution in [2.24, 2.45) is 4.99 Å². The Morgan fingerprint density at radius 3 is 1.42 bits per heavy atom. The fourth-order valence-electron chi connectivity index (χ4n) is 5.28. The molecule has 3 nitrogen and oxygen atoms in total. The summed E-state index contributed by atoms with van der Waals surface area (Å²) in [4.78, 5) is 9.24. The summed E-state index contributed by atoms with van der Waals surface area (Å²) in [5.41, 5.74) is 8.93. The number of nitrogens with zero attached hydrogens (tertiary/aromatic N) is 3. The van der Waals surface area contributed by atoms with Gasteiger partial charge in [-0.15, -0.1) is 0 Å². The van der Waals surface area contributed by atoms with Crippen LogP contribution >= 0.6 is 11.6 Å². The quantitative estimate of drug-likeness (QED) is 0.330. The van der Waals surface area contributed by atoms with Crippen molar-refractivity contribution in [1.29, 1.82) is 0 Å². The minimum atomic E-state index is 0. The first-order valence-electron chi connectivity index (χ1n) is 13.3. The summed E-state index contributed by atoms with van der Waals surface area (Å²) >= 11 is 10.3. The number of allylic oxidation sites excluding steroid dienone is 2. The Balaban J connectivity index is 0.00000400. The SMILES string of the molecule is CC(C)c1cccc(C(C)C)c1N1C=CN(c2c(C(C)C)cccc2C(C)C)C1=C1CC=N[C]([Pd+])=C1Cl.[Cl-]. The summed E-state index contributed by atoms with van der Waals surface area (Å²) in [5, 5.41) is 0.681. The van der Waals surface area contributed by atoms with Gasteiger partial charge in [-0.2, -0.15) is 0 Å². The fourth-order valence-corrected chi connectivity index (χ4v) is 5.87. The first-order valence-corrected chi connectivity index (χ1v) is 14.5. The first kappa shape index (κ1) is 30.7. The zero-order valence-corrected chi connectivity index (χ0v) is 26.7.